The molecule has 0 aliphatic carbocycles. The van der Waals surface area contributed by atoms with Gasteiger partial charge in [0.15, 0.2) is 5.60 Å². The molecule has 4 aromatic rings. The maximum Gasteiger partial charge on any atom is 0.418 e. The predicted molar refractivity (Wildman–Crippen MR) is 136 cm³/mol. The Balaban J connectivity index is 1.68. The van der Waals surface area contributed by atoms with E-state index in [1.165, 1.54) is 33.1 Å². The zero-order valence-corrected chi connectivity index (χ0v) is 21.0. The van der Waals surface area contributed by atoms with E-state index < -0.39 is 36.0 Å². The van der Waals surface area contributed by atoms with Gasteiger partial charge in [0.25, 0.3) is 0 Å². The number of aryl methyl sites for hydroxylation is 1. The van der Waals surface area contributed by atoms with Crippen LogP contribution in [0.4, 0.5) is 23.2 Å². The van der Waals surface area contributed by atoms with Crippen molar-refractivity contribution in [1.29, 1.82) is 0 Å². The Morgan fingerprint density at radius 2 is 1.73 bits per heavy atom. The first-order chi connectivity index (χ1) is 17.3. The summed E-state index contributed by atoms with van der Waals surface area (Å²) >= 11 is 0. The maximum atomic E-state index is 14.3. The largest absolute Gasteiger partial charge is 0.496 e. The van der Waals surface area contributed by atoms with E-state index in [-0.39, 0.29) is 11.3 Å². The molecule has 37 heavy (non-hydrogen) atoms. The molecule has 196 valence electrons. The third kappa shape index (κ3) is 5.27. The smallest absolute Gasteiger partial charge is 0.418 e. The molecule has 2 N–H and O–H groups in total. The molecule has 3 aromatic carbocycles. The van der Waals surface area contributed by atoms with Crippen LogP contribution in [0.1, 0.15) is 31.4 Å². The van der Waals surface area contributed by atoms with Gasteiger partial charge in [-0.2, -0.15) is 18.3 Å². The SMILES string of the molecule is COc1ccc(F)cc1C(C)(C)CC(O)(CNc1cc(C)cc2c1cnn2-c1ccccc1)C(F)(F)F. The van der Waals surface area contributed by atoms with E-state index in [1.54, 1.807) is 16.9 Å². The zero-order valence-electron chi connectivity index (χ0n) is 21.0. The first-order valence-electron chi connectivity index (χ1n) is 11.8. The Hall–Kier alpha value is -3.59. The summed E-state index contributed by atoms with van der Waals surface area (Å²) in [7, 11) is 1.36. The van der Waals surface area contributed by atoms with E-state index in [4.69, 9.17) is 4.74 Å². The molecule has 1 atom stereocenters. The summed E-state index contributed by atoms with van der Waals surface area (Å²) < 4.78 is 63.9. The highest BCUT2D eigenvalue weighted by atomic mass is 19.4. The molecule has 1 aromatic heterocycles. The molecule has 0 saturated carbocycles. The van der Waals surface area contributed by atoms with Gasteiger partial charge in [0.1, 0.15) is 11.6 Å². The lowest BCUT2D eigenvalue weighted by Gasteiger charge is -2.38. The number of aromatic nitrogens is 2. The number of fused-ring (bicyclic) bond motifs is 1. The van der Waals surface area contributed by atoms with Gasteiger partial charge in [-0.3, -0.25) is 0 Å². The Morgan fingerprint density at radius 3 is 2.38 bits per heavy atom. The number of benzene rings is 3. The van der Waals surface area contributed by atoms with Crippen LogP contribution in [-0.2, 0) is 5.41 Å². The Morgan fingerprint density at radius 1 is 1.03 bits per heavy atom. The van der Waals surface area contributed by atoms with Gasteiger partial charge in [0.2, 0.25) is 0 Å². The first-order valence-corrected chi connectivity index (χ1v) is 11.8. The highest BCUT2D eigenvalue weighted by Gasteiger charge is 2.56. The summed E-state index contributed by atoms with van der Waals surface area (Å²) in [6, 6.07) is 16.7. The van der Waals surface area contributed by atoms with Gasteiger partial charge in [-0.25, -0.2) is 9.07 Å². The fourth-order valence-electron chi connectivity index (χ4n) is 4.73. The van der Waals surface area contributed by atoms with Crippen molar-refractivity contribution in [3.8, 4) is 11.4 Å². The van der Waals surface area contributed by atoms with Gasteiger partial charge < -0.3 is 15.2 Å². The number of hydrogen-bond acceptors (Lipinski definition) is 4. The van der Waals surface area contributed by atoms with Gasteiger partial charge >= 0.3 is 6.18 Å². The van der Waals surface area contributed by atoms with Gasteiger partial charge in [-0.15, -0.1) is 0 Å². The van der Waals surface area contributed by atoms with Crippen molar-refractivity contribution in [2.45, 2.75) is 44.4 Å². The van der Waals surface area contributed by atoms with Gasteiger partial charge in [-0.1, -0.05) is 32.0 Å². The van der Waals surface area contributed by atoms with Crippen LogP contribution in [0.15, 0.2) is 66.9 Å². The van der Waals surface area contributed by atoms with Crippen molar-refractivity contribution in [3.63, 3.8) is 0 Å². The summed E-state index contributed by atoms with van der Waals surface area (Å²) in [4.78, 5) is 0. The highest BCUT2D eigenvalue weighted by molar-refractivity contribution is 5.93. The molecule has 0 spiro atoms. The summed E-state index contributed by atoms with van der Waals surface area (Å²) in [6.45, 7) is 4.07. The normalized spacial score (nSPS) is 14.0. The molecule has 0 aliphatic heterocycles. The minimum absolute atomic E-state index is 0.236. The van der Waals surface area contributed by atoms with E-state index in [2.05, 4.69) is 10.4 Å². The second-order valence-electron chi connectivity index (χ2n) is 9.93. The molecule has 0 fully saturated rings. The third-order valence-electron chi connectivity index (χ3n) is 6.56. The van der Waals surface area contributed by atoms with E-state index in [9.17, 15) is 22.7 Å². The van der Waals surface area contributed by atoms with Gasteiger partial charge in [0, 0.05) is 16.6 Å². The first kappa shape index (κ1) is 26.5. The summed E-state index contributed by atoms with van der Waals surface area (Å²) in [5.74, 6) is -0.354. The molecular weight excluding hydrogens is 486 g/mol. The molecule has 0 bridgehead atoms. The average Bonchev–Trinajstić information content (AvgIpc) is 3.26. The molecule has 1 unspecified atom stereocenters. The lowest BCUT2D eigenvalue weighted by Crippen LogP contribution is -2.53. The highest BCUT2D eigenvalue weighted by Crippen LogP contribution is 2.44. The molecule has 4 rings (SSSR count). The van der Waals surface area contributed by atoms with Crippen LogP contribution in [0.2, 0.25) is 0 Å². The van der Waals surface area contributed by atoms with E-state index in [0.29, 0.717) is 16.6 Å². The minimum Gasteiger partial charge on any atom is -0.496 e. The number of hydrogen-bond donors (Lipinski definition) is 2. The predicted octanol–water partition coefficient (Wildman–Crippen LogP) is 6.55. The summed E-state index contributed by atoms with van der Waals surface area (Å²) in [5, 5.41) is 18.9. The molecule has 0 saturated heterocycles. The lowest BCUT2D eigenvalue weighted by atomic mass is 9.74. The van der Waals surface area contributed by atoms with Gasteiger partial charge in [0.05, 0.1) is 31.1 Å². The Labute approximate surface area is 212 Å². The minimum atomic E-state index is -4.96. The van der Waals surface area contributed by atoms with Gasteiger partial charge in [-0.05, 0) is 66.8 Å². The monoisotopic (exact) mass is 515 g/mol. The summed E-state index contributed by atoms with van der Waals surface area (Å²) in [6.07, 6.45) is -4.11. The van der Waals surface area contributed by atoms with Crippen LogP contribution >= 0.6 is 0 Å². The number of rotatable bonds is 8. The zero-order chi connectivity index (χ0) is 27.0. The molecule has 5 nitrogen and oxygen atoms in total. The molecule has 0 radical (unpaired) electrons. The van der Waals surface area contributed by atoms with Crippen LogP contribution in [0.25, 0.3) is 16.6 Å². The van der Waals surface area contributed by atoms with Crippen molar-refractivity contribution in [1.82, 2.24) is 9.78 Å². The van der Waals surface area contributed by atoms with Crippen LogP contribution in [-0.4, -0.2) is 40.3 Å². The van der Waals surface area contributed by atoms with Crippen molar-refractivity contribution >= 4 is 16.6 Å². The molecular formula is C28H29F4N3O2. The van der Waals surface area contributed by atoms with Crippen molar-refractivity contribution in [2.24, 2.45) is 0 Å². The van der Waals surface area contributed by atoms with Crippen LogP contribution in [0.5, 0.6) is 5.75 Å². The second kappa shape index (κ2) is 9.70. The van der Waals surface area contributed by atoms with E-state index in [0.717, 1.165) is 17.3 Å². The van der Waals surface area contributed by atoms with Crippen molar-refractivity contribution < 1.29 is 27.4 Å². The quantitative estimate of drug-likeness (QED) is 0.261. The number of para-hydroxylation sites is 1. The lowest BCUT2D eigenvalue weighted by molar-refractivity contribution is -0.260. The number of alkyl halides is 3. The number of aliphatic hydroxyl groups is 1. The topological polar surface area (TPSA) is 59.3 Å². The number of nitrogens with one attached hydrogen (secondary N) is 1. The number of nitrogens with zero attached hydrogens (tertiary/aromatic N) is 2. The fraction of sp³-hybridized carbons (Fsp3) is 0.321. The number of methoxy groups -OCH3 is 1. The van der Waals surface area contributed by atoms with Crippen LogP contribution < -0.4 is 10.1 Å². The average molecular weight is 516 g/mol. The van der Waals surface area contributed by atoms with E-state index >= 15 is 0 Å². The summed E-state index contributed by atoms with van der Waals surface area (Å²) in [5.41, 5.74) is -1.41. The Bertz CT molecular complexity index is 1400. The standard InChI is InChI=1S/C28H29F4N3O2/c1-18-12-23(21-15-34-35(24(21)13-18)20-8-6-5-7-9-20)33-17-27(36,28(30,31)32)16-26(2,3)22-14-19(29)10-11-25(22)37-4/h5-15,33,36H,16-17H2,1-4H3. The molecule has 0 amide bonds. The molecule has 1 heterocycles. The number of anilines is 1. The third-order valence-corrected chi connectivity index (χ3v) is 6.56. The van der Waals surface area contributed by atoms with Crippen molar-refractivity contribution in [3.05, 3.63) is 83.8 Å². The van der Waals surface area contributed by atoms with Crippen molar-refractivity contribution in [2.75, 3.05) is 19.0 Å². The second-order valence-corrected chi connectivity index (χ2v) is 9.93. The molecule has 0 aliphatic rings. The molecule has 9 heteroatoms. The number of halogens is 4. The van der Waals surface area contributed by atoms with E-state index in [1.807, 2.05) is 43.3 Å². The maximum absolute atomic E-state index is 14.3. The number of ether oxygens (including phenoxy) is 1. The Kier molecular flexibility index (Phi) is 6.94. The van der Waals surface area contributed by atoms with Crippen LogP contribution in [0, 0.1) is 12.7 Å². The van der Waals surface area contributed by atoms with Crippen LogP contribution in [0.3, 0.4) is 0 Å². The fourth-order valence-corrected chi connectivity index (χ4v) is 4.73.